The van der Waals surface area contributed by atoms with E-state index >= 15 is 0 Å². The van der Waals surface area contributed by atoms with Gasteiger partial charge in [-0.1, -0.05) is 31.9 Å². The Labute approximate surface area is 117 Å². The molecule has 1 nitrogen and oxygen atoms in total. The van der Waals surface area contributed by atoms with E-state index in [0.29, 0.717) is 0 Å². The van der Waals surface area contributed by atoms with Crippen molar-refractivity contribution in [2.75, 3.05) is 0 Å². The minimum atomic E-state index is 1.11. The molecular formula is C18H26N+. The lowest BCUT2D eigenvalue weighted by Gasteiger charge is -2.14. The first kappa shape index (κ1) is 14.0. The standard InChI is InChI=1S/C18H26N/c1-5-6-7-10-14(2)18-16(4)13-15(3)17-11-8-9-12-19(17)18/h8,10-11,13H,5-7,9,12H2,1-4H3/q+1/b14-10+. The Morgan fingerprint density at radius 3 is 2.84 bits per heavy atom. The van der Waals surface area contributed by atoms with Crippen molar-refractivity contribution in [1.82, 2.24) is 0 Å². The molecule has 0 saturated carbocycles. The summed E-state index contributed by atoms with van der Waals surface area (Å²) in [7, 11) is 0. The first-order valence-electron chi connectivity index (χ1n) is 7.53. The fraction of sp³-hybridized carbons (Fsp3) is 0.500. The number of pyridine rings is 1. The predicted molar refractivity (Wildman–Crippen MR) is 82.9 cm³/mol. The zero-order chi connectivity index (χ0) is 13.8. The zero-order valence-electron chi connectivity index (χ0n) is 12.8. The van der Waals surface area contributed by atoms with Crippen LogP contribution >= 0.6 is 0 Å². The number of nitrogens with zero attached hydrogens (tertiary/aromatic N) is 1. The number of fused-ring (bicyclic) bond motifs is 1. The number of hydrogen-bond acceptors (Lipinski definition) is 0. The molecule has 1 aliphatic rings. The summed E-state index contributed by atoms with van der Waals surface area (Å²) in [5.41, 5.74) is 7.04. The molecule has 0 spiro atoms. The summed E-state index contributed by atoms with van der Waals surface area (Å²) in [5, 5.41) is 0. The number of hydrogen-bond donors (Lipinski definition) is 0. The van der Waals surface area contributed by atoms with Crippen LogP contribution in [0.5, 0.6) is 0 Å². The average Bonchev–Trinajstić information content (AvgIpc) is 2.39. The maximum atomic E-state index is 2.50. The number of aryl methyl sites for hydroxylation is 2. The molecule has 0 unspecified atom stereocenters. The molecule has 0 bridgehead atoms. The minimum absolute atomic E-state index is 1.11. The topological polar surface area (TPSA) is 3.88 Å². The van der Waals surface area contributed by atoms with Crippen LogP contribution in [0.2, 0.25) is 0 Å². The molecule has 0 fully saturated rings. The van der Waals surface area contributed by atoms with Gasteiger partial charge in [-0.05, 0) is 33.3 Å². The third-order valence-corrected chi connectivity index (χ3v) is 3.95. The molecule has 0 radical (unpaired) electrons. The van der Waals surface area contributed by atoms with Crippen molar-refractivity contribution in [2.45, 2.75) is 59.9 Å². The summed E-state index contributed by atoms with van der Waals surface area (Å²) >= 11 is 0. The van der Waals surface area contributed by atoms with Crippen molar-refractivity contribution in [2.24, 2.45) is 0 Å². The third-order valence-electron chi connectivity index (χ3n) is 3.95. The summed E-state index contributed by atoms with van der Waals surface area (Å²) in [6, 6.07) is 2.33. The van der Waals surface area contributed by atoms with Crippen LogP contribution in [-0.4, -0.2) is 0 Å². The van der Waals surface area contributed by atoms with Gasteiger partial charge in [-0.3, -0.25) is 0 Å². The van der Waals surface area contributed by atoms with Crippen molar-refractivity contribution < 1.29 is 4.57 Å². The molecule has 102 valence electrons. The number of rotatable bonds is 4. The fourth-order valence-corrected chi connectivity index (χ4v) is 3.01. The van der Waals surface area contributed by atoms with Crippen LogP contribution in [0.15, 0.2) is 18.2 Å². The second-order valence-corrected chi connectivity index (χ2v) is 5.62. The quantitative estimate of drug-likeness (QED) is 0.547. The molecular weight excluding hydrogens is 230 g/mol. The molecule has 0 aromatic carbocycles. The van der Waals surface area contributed by atoms with Crippen LogP contribution in [0.3, 0.4) is 0 Å². The molecule has 1 aromatic rings. The van der Waals surface area contributed by atoms with Crippen molar-refractivity contribution in [1.29, 1.82) is 0 Å². The summed E-state index contributed by atoms with van der Waals surface area (Å²) in [5.74, 6) is 0. The van der Waals surface area contributed by atoms with E-state index in [2.05, 4.69) is 56.6 Å². The molecule has 2 heterocycles. The van der Waals surface area contributed by atoms with Crippen molar-refractivity contribution in [3.05, 3.63) is 40.7 Å². The molecule has 1 aromatic heterocycles. The number of unbranched alkanes of at least 4 members (excludes halogenated alkanes) is 2. The second-order valence-electron chi connectivity index (χ2n) is 5.62. The largest absolute Gasteiger partial charge is 0.211 e. The van der Waals surface area contributed by atoms with Gasteiger partial charge in [-0.15, -0.1) is 0 Å². The molecule has 1 aliphatic heterocycles. The molecule has 0 amide bonds. The van der Waals surface area contributed by atoms with E-state index in [9.17, 15) is 0 Å². The second kappa shape index (κ2) is 6.18. The molecule has 1 heteroatoms. The summed E-state index contributed by atoms with van der Waals surface area (Å²) in [6.45, 7) is 10.1. The lowest BCUT2D eigenvalue weighted by molar-refractivity contribution is -0.702. The van der Waals surface area contributed by atoms with Gasteiger partial charge in [-0.2, -0.15) is 4.57 Å². The van der Waals surface area contributed by atoms with Gasteiger partial charge in [0, 0.05) is 29.2 Å². The highest BCUT2D eigenvalue weighted by molar-refractivity contribution is 5.62. The van der Waals surface area contributed by atoms with Gasteiger partial charge in [0.1, 0.15) is 0 Å². The van der Waals surface area contributed by atoms with Gasteiger partial charge in [0.25, 0.3) is 0 Å². The van der Waals surface area contributed by atoms with Crippen LogP contribution in [0.25, 0.3) is 11.6 Å². The Morgan fingerprint density at radius 2 is 2.11 bits per heavy atom. The highest BCUT2D eigenvalue weighted by Gasteiger charge is 2.23. The molecule has 0 saturated heterocycles. The number of allylic oxidation sites excluding steroid dienone is 3. The van der Waals surface area contributed by atoms with Gasteiger partial charge in [-0.25, -0.2) is 0 Å². The van der Waals surface area contributed by atoms with E-state index in [1.54, 1.807) is 0 Å². The van der Waals surface area contributed by atoms with Gasteiger partial charge in [0.2, 0.25) is 11.4 Å². The molecule has 2 rings (SSSR count). The lowest BCUT2D eigenvalue weighted by Crippen LogP contribution is -2.43. The van der Waals surface area contributed by atoms with E-state index in [4.69, 9.17) is 0 Å². The molecule has 0 aliphatic carbocycles. The first-order valence-corrected chi connectivity index (χ1v) is 7.53. The van der Waals surface area contributed by atoms with E-state index in [1.165, 1.54) is 47.4 Å². The fourth-order valence-electron chi connectivity index (χ4n) is 3.01. The van der Waals surface area contributed by atoms with Gasteiger partial charge in [0.15, 0.2) is 6.54 Å². The monoisotopic (exact) mass is 256 g/mol. The summed E-state index contributed by atoms with van der Waals surface area (Å²) in [6.07, 6.45) is 11.9. The van der Waals surface area contributed by atoms with Gasteiger partial charge >= 0.3 is 0 Å². The SMILES string of the molecule is CCCC/C=C(\C)c1c(C)cc(C)c2[n+]1CCC=C2. The smallest absolute Gasteiger partial charge is 0.191 e. The molecule has 19 heavy (non-hydrogen) atoms. The Bertz CT molecular complexity index is 521. The van der Waals surface area contributed by atoms with Crippen LogP contribution in [0.4, 0.5) is 0 Å². The van der Waals surface area contributed by atoms with E-state index in [0.717, 1.165) is 13.0 Å². The van der Waals surface area contributed by atoms with Crippen LogP contribution in [-0.2, 0) is 6.54 Å². The zero-order valence-corrected chi connectivity index (χ0v) is 12.8. The van der Waals surface area contributed by atoms with Crippen molar-refractivity contribution >= 4 is 11.6 Å². The maximum Gasteiger partial charge on any atom is 0.211 e. The van der Waals surface area contributed by atoms with Crippen LogP contribution < -0.4 is 4.57 Å². The Balaban J connectivity index is 2.45. The van der Waals surface area contributed by atoms with Gasteiger partial charge < -0.3 is 0 Å². The summed E-state index contributed by atoms with van der Waals surface area (Å²) < 4.78 is 2.50. The van der Waals surface area contributed by atoms with E-state index < -0.39 is 0 Å². The first-order chi connectivity index (χ1) is 9.15. The van der Waals surface area contributed by atoms with Crippen molar-refractivity contribution in [3.8, 4) is 0 Å². The maximum absolute atomic E-state index is 2.50. The van der Waals surface area contributed by atoms with Crippen LogP contribution in [0.1, 0.15) is 62.0 Å². The lowest BCUT2D eigenvalue weighted by atomic mass is 10.00. The minimum Gasteiger partial charge on any atom is -0.191 e. The van der Waals surface area contributed by atoms with E-state index in [-0.39, 0.29) is 0 Å². The van der Waals surface area contributed by atoms with Gasteiger partial charge in [0.05, 0.1) is 0 Å². The van der Waals surface area contributed by atoms with Crippen LogP contribution in [0, 0.1) is 13.8 Å². The Morgan fingerprint density at radius 1 is 1.32 bits per heavy atom. The van der Waals surface area contributed by atoms with E-state index in [1.807, 2.05) is 0 Å². The number of aromatic nitrogens is 1. The Kier molecular flexibility index (Phi) is 4.57. The third kappa shape index (κ3) is 2.97. The predicted octanol–water partition coefficient (Wildman–Crippen LogP) is 4.60. The molecule has 0 N–H and O–H groups in total. The highest BCUT2D eigenvalue weighted by Crippen LogP contribution is 2.21. The Hall–Kier alpha value is -1.37. The highest BCUT2D eigenvalue weighted by atomic mass is 15.0. The molecule has 0 atom stereocenters. The normalized spacial score (nSPS) is 14.6. The van der Waals surface area contributed by atoms with Crippen molar-refractivity contribution in [3.63, 3.8) is 0 Å². The average molecular weight is 256 g/mol. The summed E-state index contributed by atoms with van der Waals surface area (Å²) in [4.78, 5) is 0.